The lowest BCUT2D eigenvalue weighted by molar-refractivity contribution is 0.181. The van der Waals surface area contributed by atoms with Gasteiger partial charge in [0.2, 0.25) is 0 Å². The van der Waals surface area contributed by atoms with Gasteiger partial charge in [-0.05, 0) is 102 Å². The standard InChI is InChI=1S/C28H34ClN5S/c1-16-18(3)35-27-24(16)25(30-17(2)26-32-31-19(4)34(26)27)22-7-6-21(14-23(22)29)20-8-10-28(11-9-20)12-13-33(5)15-28/h6-7,14,17,20H,8-13,15H2,1-5H3/t17-,20?,28?/m0/s1. The third kappa shape index (κ3) is 3.80. The number of halogens is 1. The summed E-state index contributed by atoms with van der Waals surface area (Å²) in [6.07, 6.45) is 6.56. The maximum absolute atomic E-state index is 7.05. The van der Waals surface area contributed by atoms with Crippen molar-refractivity contribution in [2.45, 2.75) is 71.8 Å². The number of benzene rings is 1. The summed E-state index contributed by atoms with van der Waals surface area (Å²) in [4.78, 5) is 8.98. The van der Waals surface area contributed by atoms with Crippen LogP contribution in [0.5, 0.6) is 0 Å². The highest BCUT2D eigenvalue weighted by Crippen LogP contribution is 2.48. The molecule has 0 amide bonds. The number of aryl methyl sites for hydroxylation is 2. The van der Waals surface area contributed by atoms with E-state index in [1.165, 1.54) is 66.8 Å². The molecule has 2 aliphatic heterocycles. The van der Waals surface area contributed by atoms with E-state index in [0.29, 0.717) is 11.3 Å². The van der Waals surface area contributed by atoms with E-state index in [9.17, 15) is 0 Å². The second kappa shape index (κ2) is 8.53. The fourth-order valence-electron chi connectivity index (χ4n) is 6.57. The Kier molecular flexibility index (Phi) is 5.70. The number of hydrogen-bond acceptors (Lipinski definition) is 5. The summed E-state index contributed by atoms with van der Waals surface area (Å²) in [7, 11) is 2.27. The molecule has 184 valence electrons. The lowest BCUT2D eigenvalue weighted by Crippen LogP contribution is -2.29. The van der Waals surface area contributed by atoms with Gasteiger partial charge in [0.25, 0.3) is 0 Å². The van der Waals surface area contributed by atoms with Crippen LogP contribution >= 0.6 is 22.9 Å². The molecule has 0 unspecified atom stereocenters. The fraction of sp³-hybridized carbons (Fsp3) is 0.536. The number of fused-ring (bicyclic) bond motifs is 3. The van der Waals surface area contributed by atoms with E-state index in [2.05, 4.69) is 65.7 Å². The number of likely N-dealkylation sites (tertiary alicyclic amines) is 1. The van der Waals surface area contributed by atoms with Gasteiger partial charge in [0, 0.05) is 22.5 Å². The molecular weight excluding hydrogens is 474 g/mol. The molecule has 1 saturated carbocycles. The molecule has 1 spiro atoms. The highest BCUT2D eigenvalue weighted by atomic mass is 35.5. The number of rotatable bonds is 2. The predicted molar refractivity (Wildman–Crippen MR) is 145 cm³/mol. The zero-order valence-electron chi connectivity index (χ0n) is 21.4. The summed E-state index contributed by atoms with van der Waals surface area (Å²) in [6.45, 7) is 11.0. The minimum Gasteiger partial charge on any atom is -0.306 e. The van der Waals surface area contributed by atoms with Crippen molar-refractivity contribution in [2.24, 2.45) is 10.4 Å². The average Bonchev–Trinajstić information content (AvgIpc) is 3.45. The summed E-state index contributed by atoms with van der Waals surface area (Å²) in [6, 6.07) is 6.65. The smallest absolute Gasteiger partial charge is 0.162 e. The highest BCUT2D eigenvalue weighted by Gasteiger charge is 2.40. The van der Waals surface area contributed by atoms with Crippen LogP contribution in [-0.2, 0) is 0 Å². The molecule has 7 heteroatoms. The Morgan fingerprint density at radius 3 is 2.54 bits per heavy atom. The van der Waals surface area contributed by atoms with E-state index in [0.717, 1.165) is 32.9 Å². The third-order valence-corrected chi connectivity index (χ3v) is 10.3. The van der Waals surface area contributed by atoms with Gasteiger partial charge in [-0.25, -0.2) is 0 Å². The van der Waals surface area contributed by atoms with Crippen LogP contribution in [0, 0.1) is 26.2 Å². The van der Waals surface area contributed by atoms with E-state index in [1.807, 2.05) is 6.92 Å². The molecule has 6 rings (SSSR count). The maximum Gasteiger partial charge on any atom is 0.162 e. The largest absolute Gasteiger partial charge is 0.306 e. The molecule has 3 aromatic rings. The first-order chi connectivity index (χ1) is 16.8. The van der Waals surface area contributed by atoms with Crippen LogP contribution < -0.4 is 0 Å². The molecular formula is C28H34ClN5S. The molecule has 0 bridgehead atoms. The highest BCUT2D eigenvalue weighted by molar-refractivity contribution is 7.15. The van der Waals surface area contributed by atoms with Crippen LogP contribution in [0.25, 0.3) is 5.00 Å². The lowest BCUT2D eigenvalue weighted by atomic mass is 9.68. The zero-order chi connectivity index (χ0) is 24.5. The van der Waals surface area contributed by atoms with Gasteiger partial charge < -0.3 is 4.90 Å². The van der Waals surface area contributed by atoms with Crippen molar-refractivity contribution in [1.29, 1.82) is 0 Å². The van der Waals surface area contributed by atoms with Crippen molar-refractivity contribution in [2.75, 3.05) is 20.1 Å². The van der Waals surface area contributed by atoms with Crippen LogP contribution in [-0.4, -0.2) is 45.5 Å². The van der Waals surface area contributed by atoms with Gasteiger partial charge >= 0.3 is 0 Å². The molecule has 3 aliphatic rings. The molecule has 4 heterocycles. The van der Waals surface area contributed by atoms with Gasteiger partial charge in [-0.3, -0.25) is 9.56 Å². The zero-order valence-corrected chi connectivity index (χ0v) is 22.9. The Bertz CT molecular complexity index is 1330. The molecule has 1 aliphatic carbocycles. The molecule has 1 saturated heterocycles. The van der Waals surface area contributed by atoms with Crippen molar-refractivity contribution in [3.63, 3.8) is 0 Å². The quantitative estimate of drug-likeness (QED) is 0.383. The van der Waals surface area contributed by atoms with Crippen LogP contribution in [0.2, 0.25) is 5.02 Å². The summed E-state index contributed by atoms with van der Waals surface area (Å²) in [5, 5.41) is 10.8. The Morgan fingerprint density at radius 2 is 1.86 bits per heavy atom. The van der Waals surface area contributed by atoms with E-state index in [-0.39, 0.29) is 6.04 Å². The fourth-order valence-corrected chi connectivity index (χ4v) is 8.07. The van der Waals surface area contributed by atoms with Crippen LogP contribution in [0.15, 0.2) is 23.2 Å². The first-order valence-corrected chi connectivity index (χ1v) is 14.0. The van der Waals surface area contributed by atoms with Gasteiger partial charge in [-0.2, -0.15) is 0 Å². The Hall–Kier alpha value is -2.02. The summed E-state index contributed by atoms with van der Waals surface area (Å²) >= 11 is 8.83. The molecule has 5 nitrogen and oxygen atoms in total. The first-order valence-electron chi connectivity index (χ1n) is 12.9. The molecule has 35 heavy (non-hydrogen) atoms. The second-order valence-electron chi connectivity index (χ2n) is 11.1. The van der Waals surface area contributed by atoms with Crippen LogP contribution in [0.4, 0.5) is 0 Å². The molecule has 1 aromatic carbocycles. The monoisotopic (exact) mass is 507 g/mol. The summed E-state index contributed by atoms with van der Waals surface area (Å²) in [5.41, 5.74) is 6.37. The van der Waals surface area contributed by atoms with E-state index >= 15 is 0 Å². The summed E-state index contributed by atoms with van der Waals surface area (Å²) in [5.74, 6) is 2.39. The topological polar surface area (TPSA) is 46.3 Å². The number of aromatic nitrogens is 3. The number of thiophene rings is 1. The van der Waals surface area contributed by atoms with Crippen molar-refractivity contribution in [3.05, 3.63) is 62.0 Å². The van der Waals surface area contributed by atoms with Gasteiger partial charge in [0.1, 0.15) is 16.9 Å². The first kappa shape index (κ1) is 23.4. The van der Waals surface area contributed by atoms with Crippen molar-refractivity contribution >= 4 is 28.6 Å². The van der Waals surface area contributed by atoms with Crippen LogP contribution in [0.3, 0.4) is 0 Å². The van der Waals surface area contributed by atoms with E-state index < -0.39 is 0 Å². The second-order valence-corrected chi connectivity index (χ2v) is 12.7. The minimum atomic E-state index is -0.0969. The maximum atomic E-state index is 7.05. The predicted octanol–water partition coefficient (Wildman–Crippen LogP) is 6.80. The SMILES string of the molecule is Cc1sc2c(c1C)C(c1ccc(C3CCC4(CC3)CCN(C)C4)cc1Cl)=N[C@@H](C)c1nnc(C)n1-2. The van der Waals surface area contributed by atoms with Gasteiger partial charge in [0.05, 0.1) is 10.7 Å². The van der Waals surface area contributed by atoms with Gasteiger partial charge in [-0.1, -0.05) is 23.7 Å². The lowest BCUT2D eigenvalue weighted by Gasteiger charge is -2.37. The molecule has 0 radical (unpaired) electrons. The van der Waals surface area contributed by atoms with Crippen molar-refractivity contribution < 1.29 is 0 Å². The summed E-state index contributed by atoms with van der Waals surface area (Å²) < 4.78 is 2.18. The Labute approximate surface area is 217 Å². The van der Waals surface area contributed by atoms with E-state index in [4.69, 9.17) is 16.6 Å². The van der Waals surface area contributed by atoms with Crippen molar-refractivity contribution in [3.8, 4) is 5.00 Å². The number of hydrogen-bond donors (Lipinski definition) is 0. The molecule has 0 N–H and O–H groups in total. The third-order valence-electron chi connectivity index (χ3n) is 8.75. The number of nitrogens with zero attached hydrogens (tertiary/aromatic N) is 5. The molecule has 2 fully saturated rings. The van der Waals surface area contributed by atoms with Crippen molar-refractivity contribution in [1.82, 2.24) is 19.7 Å². The normalized spacial score (nSPS) is 26.5. The van der Waals surface area contributed by atoms with Gasteiger partial charge in [0.15, 0.2) is 5.82 Å². The Balaban J connectivity index is 1.35. The average molecular weight is 508 g/mol. The van der Waals surface area contributed by atoms with Crippen LogP contribution in [0.1, 0.15) is 89.8 Å². The molecule has 2 aromatic heterocycles. The number of aliphatic imine (C=N–C) groups is 1. The minimum absolute atomic E-state index is 0.0969. The Morgan fingerprint density at radius 1 is 1.09 bits per heavy atom. The molecule has 1 atom stereocenters. The van der Waals surface area contributed by atoms with E-state index in [1.54, 1.807) is 11.3 Å². The van der Waals surface area contributed by atoms with Gasteiger partial charge in [-0.15, -0.1) is 21.5 Å².